The van der Waals surface area contributed by atoms with Crippen LogP contribution in [-0.2, 0) is 16.1 Å². The first-order valence-electron chi connectivity index (χ1n) is 9.53. The summed E-state index contributed by atoms with van der Waals surface area (Å²) in [4.78, 5) is 28.9. The van der Waals surface area contributed by atoms with Gasteiger partial charge in [0.05, 0.1) is 10.7 Å². The molecule has 148 valence electrons. The van der Waals surface area contributed by atoms with Crippen LogP contribution in [0.3, 0.4) is 0 Å². The van der Waals surface area contributed by atoms with E-state index >= 15 is 0 Å². The van der Waals surface area contributed by atoms with E-state index in [2.05, 4.69) is 22.3 Å². The maximum atomic E-state index is 12.5. The third kappa shape index (κ3) is 5.33. The largest absolute Gasteiger partial charge is 0.340 e. The number of carbonyl (C=O) groups excluding carboxylic acids is 2. The van der Waals surface area contributed by atoms with Gasteiger partial charge in [-0.25, -0.2) is 0 Å². The van der Waals surface area contributed by atoms with Gasteiger partial charge in [0.25, 0.3) is 0 Å². The third-order valence-electron chi connectivity index (χ3n) is 4.98. The van der Waals surface area contributed by atoms with Crippen LogP contribution in [0.5, 0.6) is 0 Å². The molecule has 6 heteroatoms. The van der Waals surface area contributed by atoms with Gasteiger partial charge in [0.2, 0.25) is 11.8 Å². The average molecular weight is 400 g/mol. The molecule has 1 fully saturated rings. The van der Waals surface area contributed by atoms with Crippen LogP contribution in [0.1, 0.15) is 23.1 Å². The summed E-state index contributed by atoms with van der Waals surface area (Å²) in [7, 11) is 0. The Morgan fingerprint density at radius 2 is 1.71 bits per heavy atom. The minimum atomic E-state index is -0.328. The maximum absolute atomic E-state index is 12.5. The Labute approximate surface area is 171 Å². The van der Waals surface area contributed by atoms with Crippen molar-refractivity contribution in [1.29, 1.82) is 0 Å². The molecule has 2 aromatic rings. The SMILES string of the molecule is Cc1cc(C)c(NC(=O)CC(=O)N2CCN(Cc3ccccc3)CC2)c(Cl)c1. The van der Waals surface area contributed by atoms with Crippen LogP contribution < -0.4 is 5.32 Å². The highest BCUT2D eigenvalue weighted by molar-refractivity contribution is 6.34. The van der Waals surface area contributed by atoms with E-state index in [4.69, 9.17) is 11.6 Å². The zero-order chi connectivity index (χ0) is 20.1. The zero-order valence-corrected chi connectivity index (χ0v) is 17.1. The molecule has 1 saturated heterocycles. The lowest BCUT2D eigenvalue weighted by Crippen LogP contribution is -2.48. The monoisotopic (exact) mass is 399 g/mol. The van der Waals surface area contributed by atoms with Crippen molar-refractivity contribution in [1.82, 2.24) is 9.80 Å². The number of benzene rings is 2. The van der Waals surface area contributed by atoms with E-state index in [1.807, 2.05) is 38.1 Å². The average Bonchev–Trinajstić information content (AvgIpc) is 2.66. The van der Waals surface area contributed by atoms with Crippen LogP contribution in [-0.4, -0.2) is 47.8 Å². The predicted molar refractivity (Wildman–Crippen MR) is 112 cm³/mol. The van der Waals surface area contributed by atoms with Crippen LogP contribution in [0.4, 0.5) is 5.69 Å². The highest BCUT2D eigenvalue weighted by atomic mass is 35.5. The number of anilines is 1. The first kappa shape index (κ1) is 20.4. The molecule has 0 radical (unpaired) electrons. The quantitative estimate of drug-likeness (QED) is 0.781. The van der Waals surface area contributed by atoms with Crippen molar-refractivity contribution in [3.05, 3.63) is 64.2 Å². The second-order valence-electron chi connectivity index (χ2n) is 7.31. The zero-order valence-electron chi connectivity index (χ0n) is 16.4. The normalized spacial score (nSPS) is 14.8. The number of rotatable bonds is 5. The fraction of sp³-hybridized carbons (Fsp3) is 0.364. The van der Waals surface area contributed by atoms with Gasteiger partial charge in [0.1, 0.15) is 6.42 Å². The second kappa shape index (κ2) is 9.22. The first-order chi connectivity index (χ1) is 13.4. The lowest BCUT2D eigenvalue weighted by atomic mass is 10.1. The van der Waals surface area contributed by atoms with Crippen LogP contribution in [0, 0.1) is 13.8 Å². The third-order valence-corrected chi connectivity index (χ3v) is 5.28. The van der Waals surface area contributed by atoms with Crippen molar-refractivity contribution in [3.8, 4) is 0 Å². The van der Waals surface area contributed by atoms with Gasteiger partial charge >= 0.3 is 0 Å². The number of nitrogens with one attached hydrogen (secondary N) is 1. The molecule has 5 nitrogen and oxygen atoms in total. The van der Waals surface area contributed by atoms with Crippen molar-refractivity contribution in [2.24, 2.45) is 0 Å². The van der Waals surface area contributed by atoms with Crippen molar-refractivity contribution in [3.63, 3.8) is 0 Å². The molecule has 2 amide bonds. The lowest BCUT2D eigenvalue weighted by Gasteiger charge is -2.34. The minimum Gasteiger partial charge on any atom is -0.340 e. The van der Waals surface area contributed by atoms with E-state index in [1.165, 1.54) is 5.56 Å². The summed E-state index contributed by atoms with van der Waals surface area (Å²) in [6.45, 7) is 7.63. The van der Waals surface area contributed by atoms with Crippen molar-refractivity contribution < 1.29 is 9.59 Å². The van der Waals surface area contributed by atoms with Gasteiger partial charge in [-0.1, -0.05) is 48.0 Å². The van der Waals surface area contributed by atoms with Crippen LogP contribution in [0.15, 0.2) is 42.5 Å². The summed E-state index contributed by atoms with van der Waals surface area (Å²) < 4.78 is 0. The van der Waals surface area contributed by atoms with Crippen molar-refractivity contribution in [2.45, 2.75) is 26.8 Å². The van der Waals surface area contributed by atoms with E-state index in [1.54, 1.807) is 11.0 Å². The first-order valence-corrected chi connectivity index (χ1v) is 9.91. The van der Waals surface area contributed by atoms with Gasteiger partial charge in [-0.2, -0.15) is 0 Å². The van der Waals surface area contributed by atoms with E-state index in [0.717, 1.165) is 30.8 Å². The Morgan fingerprint density at radius 1 is 1.04 bits per heavy atom. The van der Waals surface area contributed by atoms with E-state index < -0.39 is 0 Å². The summed E-state index contributed by atoms with van der Waals surface area (Å²) in [6, 6.07) is 14.1. The van der Waals surface area contributed by atoms with Crippen LogP contribution >= 0.6 is 11.6 Å². The summed E-state index contributed by atoms with van der Waals surface area (Å²) in [5, 5.41) is 3.28. The number of piperazine rings is 1. The van der Waals surface area contributed by atoms with Gasteiger partial charge in [-0.3, -0.25) is 14.5 Å². The highest BCUT2D eigenvalue weighted by Gasteiger charge is 2.23. The molecule has 1 N–H and O–H groups in total. The molecule has 0 atom stereocenters. The number of nitrogens with zero attached hydrogens (tertiary/aromatic N) is 2. The fourth-order valence-corrected chi connectivity index (χ4v) is 3.87. The second-order valence-corrected chi connectivity index (χ2v) is 7.71. The number of amides is 2. The lowest BCUT2D eigenvalue weighted by molar-refractivity contribution is -0.136. The smallest absolute Gasteiger partial charge is 0.233 e. The summed E-state index contributed by atoms with van der Waals surface area (Å²) in [5.74, 6) is -0.469. The summed E-state index contributed by atoms with van der Waals surface area (Å²) in [6.07, 6.45) is -0.164. The minimum absolute atomic E-state index is 0.141. The number of halogens is 1. The van der Waals surface area contributed by atoms with Crippen molar-refractivity contribution in [2.75, 3.05) is 31.5 Å². The van der Waals surface area contributed by atoms with Gasteiger partial charge in [0.15, 0.2) is 0 Å². The molecular formula is C22H26ClN3O2. The molecule has 0 aromatic heterocycles. The van der Waals surface area contributed by atoms with Crippen LogP contribution in [0.25, 0.3) is 0 Å². The van der Waals surface area contributed by atoms with Gasteiger partial charge in [-0.15, -0.1) is 0 Å². The Kier molecular flexibility index (Phi) is 6.70. The van der Waals surface area contributed by atoms with E-state index in [9.17, 15) is 9.59 Å². The number of hydrogen-bond acceptors (Lipinski definition) is 3. The number of carbonyl (C=O) groups is 2. The van der Waals surface area contributed by atoms with Gasteiger partial charge in [0, 0.05) is 32.7 Å². The highest BCUT2D eigenvalue weighted by Crippen LogP contribution is 2.27. The molecule has 3 rings (SSSR count). The molecule has 0 bridgehead atoms. The topological polar surface area (TPSA) is 52.7 Å². The molecule has 0 aliphatic carbocycles. The number of hydrogen-bond donors (Lipinski definition) is 1. The van der Waals surface area contributed by atoms with Gasteiger partial charge < -0.3 is 10.2 Å². The Morgan fingerprint density at radius 3 is 2.36 bits per heavy atom. The Balaban J connectivity index is 1.48. The molecule has 1 heterocycles. The summed E-state index contributed by atoms with van der Waals surface area (Å²) >= 11 is 6.23. The fourth-order valence-electron chi connectivity index (χ4n) is 3.50. The molecular weight excluding hydrogens is 374 g/mol. The Bertz CT molecular complexity index is 823. The van der Waals surface area contributed by atoms with E-state index in [0.29, 0.717) is 23.8 Å². The molecule has 0 unspecified atom stereocenters. The van der Waals surface area contributed by atoms with Crippen molar-refractivity contribution >= 4 is 29.1 Å². The molecule has 28 heavy (non-hydrogen) atoms. The van der Waals surface area contributed by atoms with Gasteiger partial charge in [-0.05, 0) is 36.6 Å². The maximum Gasteiger partial charge on any atom is 0.233 e. The molecule has 0 saturated carbocycles. The standard InChI is InChI=1S/C22H26ClN3O2/c1-16-12-17(2)22(19(23)13-16)24-20(27)14-21(28)26-10-8-25(9-11-26)15-18-6-4-3-5-7-18/h3-7,12-13H,8-11,14-15H2,1-2H3,(H,24,27). The predicted octanol–water partition coefficient (Wildman–Crippen LogP) is 3.63. The molecule has 1 aliphatic rings. The molecule has 1 aliphatic heterocycles. The summed E-state index contributed by atoms with van der Waals surface area (Å²) in [5.41, 5.74) is 3.77. The number of aryl methyl sites for hydroxylation is 2. The van der Waals surface area contributed by atoms with Crippen LogP contribution in [0.2, 0.25) is 5.02 Å². The molecule has 0 spiro atoms. The Hall–Kier alpha value is -2.37. The van der Waals surface area contributed by atoms with E-state index in [-0.39, 0.29) is 18.2 Å². The molecule has 2 aromatic carbocycles.